The molecule has 2 aromatic carbocycles. The number of aryl methyl sites for hydroxylation is 1. The van der Waals surface area contributed by atoms with Gasteiger partial charge in [0.1, 0.15) is 0 Å². The van der Waals surface area contributed by atoms with Crippen LogP contribution in [0.3, 0.4) is 0 Å². The molecule has 33 heavy (non-hydrogen) atoms. The lowest BCUT2D eigenvalue weighted by Gasteiger charge is -2.12. The monoisotopic (exact) mass is 482 g/mol. The molecule has 0 saturated heterocycles. The highest BCUT2D eigenvalue weighted by atomic mass is 32.2. The molecule has 0 aliphatic carbocycles. The van der Waals surface area contributed by atoms with Crippen molar-refractivity contribution < 1.29 is 26.4 Å². The van der Waals surface area contributed by atoms with Crippen molar-refractivity contribution in [3.8, 4) is 0 Å². The van der Waals surface area contributed by atoms with Crippen molar-refractivity contribution in [1.82, 2.24) is 20.0 Å². The highest BCUT2D eigenvalue weighted by Gasteiger charge is 2.30. The van der Waals surface area contributed by atoms with E-state index < -0.39 is 32.6 Å². The van der Waals surface area contributed by atoms with E-state index in [-0.39, 0.29) is 28.6 Å². The second kappa shape index (κ2) is 9.71. The van der Waals surface area contributed by atoms with Gasteiger partial charge >= 0.3 is 6.18 Å². The van der Waals surface area contributed by atoms with E-state index in [2.05, 4.69) is 5.10 Å². The highest BCUT2D eigenvalue weighted by Crippen LogP contribution is 2.29. The van der Waals surface area contributed by atoms with E-state index in [1.165, 1.54) is 6.07 Å². The summed E-state index contributed by atoms with van der Waals surface area (Å²) in [5.41, 5.74) is 0.462. The van der Waals surface area contributed by atoms with Crippen LogP contribution < -0.4 is 15.8 Å². The first-order valence-electron chi connectivity index (χ1n) is 10.0. The third kappa shape index (κ3) is 5.57. The summed E-state index contributed by atoms with van der Waals surface area (Å²) in [6.45, 7) is 2.29. The van der Waals surface area contributed by atoms with Crippen molar-refractivity contribution in [2.45, 2.75) is 43.8 Å². The van der Waals surface area contributed by atoms with Crippen LogP contribution in [-0.2, 0) is 22.7 Å². The van der Waals surface area contributed by atoms with Gasteiger partial charge in [0.2, 0.25) is 0 Å². The number of carbonyl (C=O) groups is 1. The number of nitrogens with one attached hydrogen (secondary N) is 2. The summed E-state index contributed by atoms with van der Waals surface area (Å²) in [7, 11) is -4.36. The zero-order valence-electron chi connectivity index (χ0n) is 17.5. The van der Waals surface area contributed by atoms with Crippen molar-refractivity contribution in [2.75, 3.05) is 0 Å². The van der Waals surface area contributed by atoms with Gasteiger partial charge < -0.3 is 0 Å². The first kappa shape index (κ1) is 24.4. The van der Waals surface area contributed by atoms with Crippen molar-refractivity contribution in [2.24, 2.45) is 0 Å². The van der Waals surface area contributed by atoms with Gasteiger partial charge in [0, 0.05) is 11.9 Å². The SMILES string of the molecule is CCCCCn1nc(C(=O)NNS(=O)(=O)c2ccc(C(F)(F)F)cc2)c2ccccc2c1=O. The van der Waals surface area contributed by atoms with E-state index in [1.807, 2.05) is 17.2 Å². The lowest BCUT2D eigenvalue weighted by molar-refractivity contribution is -0.137. The molecule has 0 fully saturated rings. The van der Waals surface area contributed by atoms with Gasteiger partial charge in [0.15, 0.2) is 5.69 Å². The average Bonchev–Trinajstić information content (AvgIpc) is 2.79. The molecule has 0 aliphatic heterocycles. The van der Waals surface area contributed by atoms with Crippen LogP contribution in [0.5, 0.6) is 0 Å². The molecule has 3 rings (SSSR count). The summed E-state index contributed by atoms with van der Waals surface area (Å²) < 4.78 is 64.0. The minimum absolute atomic E-state index is 0.170. The molecule has 1 amide bonds. The van der Waals surface area contributed by atoms with Crippen LogP contribution in [0.25, 0.3) is 10.8 Å². The van der Waals surface area contributed by atoms with Crippen molar-refractivity contribution in [1.29, 1.82) is 0 Å². The van der Waals surface area contributed by atoms with Gasteiger partial charge in [-0.2, -0.15) is 18.3 Å². The van der Waals surface area contributed by atoms with E-state index >= 15 is 0 Å². The average molecular weight is 482 g/mol. The molecule has 3 aromatic rings. The van der Waals surface area contributed by atoms with Gasteiger partial charge in [-0.05, 0) is 36.8 Å². The molecule has 0 unspecified atom stereocenters. The summed E-state index contributed by atoms with van der Waals surface area (Å²) in [4.78, 5) is 26.8. The van der Waals surface area contributed by atoms with Gasteiger partial charge in [-0.3, -0.25) is 15.0 Å². The summed E-state index contributed by atoms with van der Waals surface area (Å²) in [6.07, 6.45) is -2.17. The lowest BCUT2D eigenvalue weighted by Crippen LogP contribution is -2.42. The van der Waals surface area contributed by atoms with Gasteiger partial charge in [-0.25, -0.2) is 13.1 Å². The summed E-state index contributed by atoms with van der Waals surface area (Å²) in [6, 6.07) is 9.09. The van der Waals surface area contributed by atoms with Gasteiger partial charge in [0.05, 0.1) is 15.8 Å². The molecule has 0 bridgehead atoms. The fourth-order valence-corrected chi connectivity index (χ4v) is 3.96. The first-order chi connectivity index (χ1) is 15.5. The number of hydrogen-bond acceptors (Lipinski definition) is 5. The maximum atomic E-state index is 12.8. The van der Waals surface area contributed by atoms with E-state index in [1.54, 1.807) is 18.2 Å². The number of benzene rings is 2. The molecular weight excluding hydrogens is 461 g/mol. The molecule has 176 valence electrons. The number of halogens is 3. The molecule has 0 atom stereocenters. The maximum Gasteiger partial charge on any atom is 0.416 e. The number of aromatic nitrogens is 2. The predicted molar refractivity (Wildman–Crippen MR) is 115 cm³/mol. The third-order valence-corrected chi connectivity index (χ3v) is 6.11. The molecule has 1 heterocycles. The maximum absolute atomic E-state index is 12.8. The Kier molecular flexibility index (Phi) is 7.18. The second-order valence-corrected chi connectivity index (χ2v) is 8.89. The topological polar surface area (TPSA) is 110 Å². The van der Waals surface area contributed by atoms with Crippen molar-refractivity contribution in [3.05, 3.63) is 70.1 Å². The fourth-order valence-electron chi connectivity index (χ4n) is 3.12. The summed E-state index contributed by atoms with van der Waals surface area (Å²) in [5.74, 6) is -0.925. The molecule has 2 N–H and O–H groups in total. The number of fused-ring (bicyclic) bond motifs is 1. The zero-order valence-corrected chi connectivity index (χ0v) is 18.3. The molecule has 8 nitrogen and oxygen atoms in total. The Hall–Kier alpha value is -3.25. The predicted octanol–water partition coefficient (Wildman–Crippen LogP) is 3.23. The molecule has 0 saturated carbocycles. The third-order valence-electron chi connectivity index (χ3n) is 4.85. The fraction of sp³-hybridized carbons (Fsp3) is 0.286. The Balaban J connectivity index is 1.85. The molecule has 12 heteroatoms. The Morgan fingerprint density at radius 3 is 2.27 bits per heavy atom. The van der Waals surface area contributed by atoms with Crippen LogP contribution in [0, 0.1) is 0 Å². The van der Waals surface area contributed by atoms with Crippen LogP contribution >= 0.6 is 0 Å². The van der Waals surface area contributed by atoms with E-state index in [4.69, 9.17) is 0 Å². The number of sulfonamides is 1. The number of unbranched alkanes of at least 4 members (excludes halogenated alkanes) is 2. The number of rotatable bonds is 8. The second-order valence-electron chi connectivity index (χ2n) is 7.21. The number of hydrazine groups is 1. The Bertz CT molecular complexity index is 1320. The number of nitrogens with zero attached hydrogens (tertiary/aromatic N) is 2. The van der Waals surface area contributed by atoms with E-state index in [0.29, 0.717) is 18.6 Å². The van der Waals surface area contributed by atoms with Crippen molar-refractivity contribution in [3.63, 3.8) is 0 Å². The minimum atomic E-state index is -4.61. The number of amides is 1. The standard InChI is InChI=1S/C21H21F3N4O4S/c1-2-3-6-13-28-20(30)17-8-5-4-7-16(17)18(26-28)19(29)25-27-33(31,32)15-11-9-14(10-12-15)21(22,23)24/h4-5,7-12,27H,2-3,6,13H2,1H3,(H,25,29). The van der Waals surface area contributed by atoms with Crippen LogP contribution in [0.1, 0.15) is 42.2 Å². The van der Waals surface area contributed by atoms with Gasteiger partial charge in [0.25, 0.3) is 21.5 Å². The van der Waals surface area contributed by atoms with E-state index in [0.717, 1.165) is 29.7 Å². The first-order valence-corrected chi connectivity index (χ1v) is 11.5. The normalized spacial score (nSPS) is 12.1. The molecule has 1 aromatic heterocycles. The largest absolute Gasteiger partial charge is 0.416 e. The quantitative estimate of drug-likeness (QED) is 0.378. The summed E-state index contributed by atoms with van der Waals surface area (Å²) >= 11 is 0. The molecule has 0 aliphatic rings. The lowest BCUT2D eigenvalue weighted by atomic mass is 10.1. The summed E-state index contributed by atoms with van der Waals surface area (Å²) in [5, 5.41) is 4.60. The van der Waals surface area contributed by atoms with Crippen molar-refractivity contribution >= 4 is 26.7 Å². The Morgan fingerprint density at radius 2 is 1.67 bits per heavy atom. The van der Waals surface area contributed by atoms with Gasteiger partial charge in [-0.1, -0.05) is 38.0 Å². The number of alkyl halides is 3. The Labute approximate surface area is 187 Å². The van der Waals surface area contributed by atoms with Crippen LogP contribution in [0.15, 0.2) is 58.2 Å². The molecule has 0 spiro atoms. The van der Waals surface area contributed by atoms with Crippen LogP contribution in [0.4, 0.5) is 13.2 Å². The number of carbonyl (C=O) groups excluding carboxylic acids is 1. The van der Waals surface area contributed by atoms with Crippen LogP contribution in [0.2, 0.25) is 0 Å². The molecule has 0 radical (unpaired) electrons. The molecular formula is C21H21F3N4O4S. The van der Waals surface area contributed by atoms with E-state index in [9.17, 15) is 31.2 Å². The minimum Gasteiger partial charge on any atom is -0.272 e. The van der Waals surface area contributed by atoms with Crippen LogP contribution in [-0.4, -0.2) is 24.1 Å². The zero-order chi connectivity index (χ0) is 24.2. The number of hydrogen-bond donors (Lipinski definition) is 2. The highest BCUT2D eigenvalue weighted by molar-refractivity contribution is 7.89. The Morgan fingerprint density at radius 1 is 1.03 bits per heavy atom. The smallest absolute Gasteiger partial charge is 0.272 e. The van der Waals surface area contributed by atoms with Gasteiger partial charge in [-0.15, -0.1) is 4.83 Å².